The number of carboxylic acids is 1. The number of fused-ring (bicyclic) bond motifs is 3. The van der Waals surface area contributed by atoms with Crippen LogP contribution in [0, 0.1) is 5.92 Å². The number of amides is 2. The van der Waals surface area contributed by atoms with Crippen LogP contribution >= 0.6 is 0 Å². The molecule has 0 saturated heterocycles. The van der Waals surface area contributed by atoms with E-state index in [-0.39, 0.29) is 18.4 Å². The smallest absolute Gasteiger partial charge is 0.407 e. The van der Waals surface area contributed by atoms with Gasteiger partial charge in [-0.25, -0.2) is 4.79 Å². The predicted octanol–water partition coefficient (Wildman–Crippen LogP) is 4.06. The summed E-state index contributed by atoms with van der Waals surface area (Å²) in [4.78, 5) is 36.8. The molecule has 2 aromatic carbocycles. The second-order valence-electron chi connectivity index (χ2n) is 8.80. The van der Waals surface area contributed by atoms with Crippen molar-refractivity contribution in [2.45, 2.75) is 57.0 Å². The summed E-state index contributed by atoms with van der Waals surface area (Å²) in [6.07, 6.45) is 2.44. The molecule has 0 spiro atoms. The number of carbonyl (C=O) groups excluding carboxylic acids is 2. The first-order valence-corrected chi connectivity index (χ1v) is 11.6. The molecule has 1 fully saturated rings. The molecule has 0 bridgehead atoms. The van der Waals surface area contributed by atoms with Gasteiger partial charge in [-0.2, -0.15) is 0 Å². The summed E-state index contributed by atoms with van der Waals surface area (Å²) >= 11 is 0. The van der Waals surface area contributed by atoms with E-state index in [1.807, 2.05) is 31.2 Å². The van der Waals surface area contributed by atoms with E-state index in [0.717, 1.165) is 28.7 Å². The Balaban J connectivity index is 1.38. The Bertz CT molecular complexity index is 991. The summed E-state index contributed by atoms with van der Waals surface area (Å²) in [7, 11) is 0. The number of rotatable bonds is 8. The van der Waals surface area contributed by atoms with Gasteiger partial charge in [-0.15, -0.1) is 0 Å². The molecule has 0 aliphatic heterocycles. The minimum absolute atomic E-state index is 0.0589. The molecule has 2 amide bonds. The number of ether oxygens (including phenoxy) is 1. The van der Waals surface area contributed by atoms with Crippen molar-refractivity contribution >= 4 is 18.0 Å². The number of alkyl carbamates (subject to hydrolysis) is 1. The number of nitrogens with one attached hydrogen (secondary N) is 2. The van der Waals surface area contributed by atoms with Crippen molar-refractivity contribution in [3.8, 4) is 11.1 Å². The molecule has 7 heteroatoms. The van der Waals surface area contributed by atoms with Gasteiger partial charge in [0.1, 0.15) is 12.6 Å². The van der Waals surface area contributed by atoms with Crippen LogP contribution in [0.3, 0.4) is 0 Å². The Labute approximate surface area is 193 Å². The first kappa shape index (κ1) is 22.8. The largest absolute Gasteiger partial charge is 0.481 e. The van der Waals surface area contributed by atoms with Gasteiger partial charge in [-0.1, -0.05) is 68.3 Å². The van der Waals surface area contributed by atoms with Crippen molar-refractivity contribution in [3.63, 3.8) is 0 Å². The molecule has 2 aliphatic rings. The molecular formula is C26H30N2O5. The Morgan fingerprint density at radius 3 is 2.27 bits per heavy atom. The Morgan fingerprint density at radius 1 is 1.03 bits per heavy atom. The summed E-state index contributed by atoms with van der Waals surface area (Å²) in [5.41, 5.74) is 4.54. The fourth-order valence-corrected chi connectivity index (χ4v) is 5.05. The Kier molecular flexibility index (Phi) is 6.96. The first-order valence-electron chi connectivity index (χ1n) is 11.6. The predicted molar refractivity (Wildman–Crippen MR) is 124 cm³/mol. The summed E-state index contributed by atoms with van der Waals surface area (Å²) < 4.78 is 5.57. The van der Waals surface area contributed by atoms with Gasteiger partial charge in [0.25, 0.3) is 0 Å². The molecule has 0 aromatic heterocycles. The van der Waals surface area contributed by atoms with Gasteiger partial charge >= 0.3 is 12.1 Å². The van der Waals surface area contributed by atoms with Crippen molar-refractivity contribution in [1.29, 1.82) is 0 Å². The molecule has 0 radical (unpaired) electrons. The van der Waals surface area contributed by atoms with Crippen molar-refractivity contribution in [2.24, 2.45) is 5.92 Å². The van der Waals surface area contributed by atoms with E-state index < -0.39 is 30.1 Å². The van der Waals surface area contributed by atoms with E-state index in [2.05, 4.69) is 34.9 Å². The van der Waals surface area contributed by atoms with E-state index in [4.69, 9.17) is 4.74 Å². The fourth-order valence-electron chi connectivity index (χ4n) is 5.05. The lowest BCUT2D eigenvalue weighted by Crippen LogP contribution is -2.51. The molecule has 2 aromatic rings. The minimum atomic E-state index is -0.894. The number of carbonyl (C=O) groups is 3. The van der Waals surface area contributed by atoms with Crippen LogP contribution in [0.2, 0.25) is 0 Å². The molecule has 3 N–H and O–H groups in total. The van der Waals surface area contributed by atoms with E-state index in [1.165, 1.54) is 0 Å². The highest BCUT2D eigenvalue weighted by molar-refractivity contribution is 5.86. The number of hydrogen-bond acceptors (Lipinski definition) is 4. The van der Waals surface area contributed by atoms with E-state index >= 15 is 0 Å². The van der Waals surface area contributed by atoms with Crippen LogP contribution in [0.25, 0.3) is 11.1 Å². The lowest BCUT2D eigenvalue weighted by atomic mass is 9.98. The van der Waals surface area contributed by atoms with Gasteiger partial charge in [0.05, 0.1) is 5.92 Å². The maximum atomic E-state index is 12.8. The first-order chi connectivity index (χ1) is 16.0. The van der Waals surface area contributed by atoms with Gasteiger partial charge < -0.3 is 20.5 Å². The van der Waals surface area contributed by atoms with Crippen LogP contribution in [-0.4, -0.2) is 41.8 Å². The molecule has 3 atom stereocenters. The zero-order chi connectivity index (χ0) is 23.4. The molecular weight excluding hydrogens is 420 g/mol. The van der Waals surface area contributed by atoms with E-state index in [0.29, 0.717) is 25.7 Å². The Morgan fingerprint density at radius 2 is 1.67 bits per heavy atom. The van der Waals surface area contributed by atoms with Gasteiger partial charge in [0.15, 0.2) is 0 Å². The molecule has 7 nitrogen and oxygen atoms in total. The molecule has 0 unspecified atom stereocenters. The lowest BCUT2D eigenvalue weighted by molar-refractivity contribution is -0.142. The molecule has 4 rings (SSSR count). The third-order valence-corrected chi connectivity index (χ3v) is 6.69. The normalized spacial score (nSPS) is 19.9. The van der Waals surface area contributed by atoms with Crippen LogP contribution in [-0.2, 0) is 14.3 Å². The third-order valence-electron chi connectivity index (χ3n) is 6.69. The highest BCUT2D eigenvalue weighted by atomic mass is 16.5. The molecule has 174 valence electrons. The van der Waals surface area contributed by atoms with Crippen molar-refractivity contribution in [3.05, 3.63) is 59.7 Å². The van der Waals surface area contributed by atoms with E-state index in [9.17, 15) is 19.5 Å². The standard InChI is InChI=1S/C26H30N2O5/c1-2-8-23(24(29)27-22-14-7-13-20(22)25(30)31)28-26(32)33-15-21-18-11-5-3-9-16(18)17-10-4-6-12-19(17)21/h3-6,9-12,20-23H,2,7-8,13-15H2,1H3,(H,27,29)(H,28,32)(H,30,31)/t20-,22+,23+/m1/s1. The molecule has 33 heavy (non-hydrogen) atoms. The number of carboxylic acid groups (broad SMARTS) is 1. The van der Waals surface area contributed by atoms with Crippen molar-refractivity contribution in [1.82, 2.24) is 10.6 Å². The maximum Gasteiger partial charge on any atom is 0.407 e. The Hall–Kier alpha value is -3.35. The van der Waals surface area contributed by atoms with Gasteiger partial charge in [-0.3, -0.25) is 9.59 Å². The number of benzene rings is 2. The zero-order valence-electron chi connectivity index (χ0n) is 18.8. The quantitative estimate of drug-likeness (QED) is 0.563. The average molecular weight is 451 g/mol. The number of hydrogen-bond donors (Lipinski definition) is 3. The van der Waals surface area contributed by atoms with Gasteiger partial charge in [0, 0.05) is 12.0 Å². The topological polar surface area (TPSA) is 105 Å². The van der Waals surface area contributed by atoms with Crippen LogP contribution in [0.1, 0.15) is 56.1 Å². The molecule has 2 aliphatic carbocycles. The zero-order valence-corrected chi connectivity index (χ0v) is 18.8. The highest BCUT2D eigenvalue weighted by Crippen LogP contribution is 2.44. The maximum absolute atomic E-state index is 12.8. The SMILES string of the molecule is CCC[C@H](NC(=O)OCC1c2ccccc2-c2ccccc21)C(=O)N[C@H]1CCC[C@H]1C(=O)O. The second-order valence-corrected chi connectivity index (χ2v) is 8.80. The van der Waals surface area contributed by atoms with Crippen LogP contribution in [0.15, 0.2) is 48.5 Å². The fraction of sp³-hybridized carbons (Fsp3) is 0.423. The highest BCUT2D eigenvalue weighted by Gasteiger charge is 2.35. The van der Waals surface area contributed by atoms with Crippen molar-refractivity contribution in [2.75, 3.05) is 6.61 Å². The summed E-state index contributed by atoms with van der Waals surface area (Å²) in [6, 6.07) is 15.0. The molecule has 1 saturated carbocycles. The van der Waals surface area contributed by atoms with Crippen LogP contribution in [0.4, 0.5) is 4.79 Å². The van der Waals surface area contributed by atoms with Crippen molar-refractivity contribution < 1.29 is 24.2 Å². The van der Waals surface area contributed by atoms with Crippen LogP contribution < -0.4 is 10.6 Å². The molecule has 0 heterocycles. The average Bonchev–Trinajstić information content (AvgIpc) is 3.40. The van der Waals surface area contributed by atoms with Gasteiger partial charge in [-0.05, 0) is 41.5 Å². The summed E-state index contributed by atoms with van der Waals surface area (Å²) in [6.45, 7) is 2.10. The summed E-state index contributed by atoms with van der Waals surface area (Å²) in [5, 5.41) is 14.9. The minimum Gasteiger partial charge on any atom is -0.481 e. The number of aliphatic carboxylic acids is 1. The third kappa shape index (κ3) is 4.87. The monoisotopic (exact) mass is 450 g/mol. The summed E-state index contributed by atoms with van der Waals surface area (Å²) in [5.74, 6) is -1.89. The van der Waals surface area contributed by atoms with Crippen LogP contribution in [0.5, 0.6) is 0 Å². The van der Waals surface area contributed by atoms with Gasteiger partial charge in [0.2, 0.25) is 5.91 Å². The second kappa shape index (κ2) is 10.1. The lowest BCUT2D eigenvalue weighted by Gasteiger charge is -2.23. The van der Waals surface area contributed by atoms with E-state index in [1.54, 1.807) is 0 Å².